The lowest BCUT2D eigenvalue weighted by atomic mass is 9.85. The molecule has 3 aliphatic rings. The van der Waals surface area contributed by atoms with Crippen molar-refractivity contribution in [2.45, 2.75) is 105 Å². The highest BCUT2D eigenvalue weighted by atomic mass is 35.5. The number of benzene rings is 3. The Morgan fingerprint density at radius 1 is 0.848 bits per heavy atom. The topological polar surface area (TPSA) is 240 Å². The van der Waals surface area contributed by atoms with Gasteiger partial charge < -0.3 is 35.8 Å². The molecule has 6 aromatic rings. The molecule has 414 valence electrons. The highest BCUT2D eigenvalue weighted by Gasteiger charge is 2.45. The van der Waals surface area contributed by atoms with Crippen molar-refractivity contribution in [2.24, 2.45) is 16.3 Å². The minimum Gasteiger partial charge on any atom is -0.373 e. The number of carbonyl (C=O) groups is 6. The second-order valence-electron chi connectivity index (χ2n) is 21.7. The first-order valence-corrected chi connectivity index (χ1v) is 27.6. The number of amides is 6. The molecule has 2 bridgehead atoms. The molecule has 22 heteroatoms. The Morgan fingerprint density at radius 3 is 2.27 bits per heavy atom. The van der Waals surface area contributed by atoms with E-state index in [-0.39, 0.29) is 51.0 Å². The molecule has 6 atom stereocenters. The van der Waals surface area contributed by atoms with Gasteiger partial charge >= 0.3 is 0 Å². The predicted octanol–water partition coefficient (Wildman–Crippen LogP) is 5.41. The smallest absolute Gasteiger partial charge is 0.248 e. The van der Waals surface area contributed by atoms with Gasteiger partial charge in [0.15, 0.2) is 5.82 Å². The normalized spacial score (nSPS) is 21.7. The van der Waals surface area contributed by atoms with Gasteiger partial charge in [-0.1, -0.05) is 111 Å². The monoisotopic (exact) mass is 1110 g/mol. The van der Waals surface area contributed by atoms with Crippen molar-refractivity contribution < 1.29 is 33.5 Å². The fraction of sp³-hybridized carbons (Fsp3) is 0.421. The van der Waals surface area contributed by atoms with Crippen molar-refractivity contribution in [1.29, 1.82) is 0 Å². The van der Waals surface area contributed by atoms with E-state index in [1.54, 1.807) is 34.6 Å². The summed E-state index contributed by atoms with van der Waals surface area (Å²) in [5.74, 6) is -2.21. The molecular formula is C57H66ClN13O7S. The van der Waals surface area contributed by atoms with Crippen molar-refractivity contribution in [3.63, 3.8) is 0 Å². The predicted molar refractivity (Wildman–Crippen MR) is 298 cm³/mol. The minimum absolute atomic E-state index is 0.00347. The van der Waals surface area contributed by atoms with E-state index in [1.807, 2.05) is 120 Å². The number of halogens is 1. The van der Waals surface area contributed by atoms with Crippen LogP contribution in [0.5, 0.6) is 0 Å². The third kappa shape index (κ3) is 12.6. The maximum Gasteiger partial charge on any atom is 0.248 e. The summed E-state index contributed by atoms with van der Waals surface area (Å²) in [5.41, 5.74) is 5.87. The van der Waals surface area contributed by atoms with Gasteiger partial charge in [0, 0.05) is 54.1 Å². The van der Waals surface area contributed by atoms with Crippen molar-refractivity contribution >= 4 is 64.1 Å². The van der Waals surface area contributed by atoms with Gasteiger partial charge in [-0.2, -0.15) is 0 Å². The molecule has 0 spiro atoms. The molecule has 1 saturated heterocycles. The van der Waals surface area contributed by atoms with E-state index in [4.69, 9.17) is 21.3 Å². The summed E-state index contributed by atoms with van der Waals surface area (Å²) in [6, 6.07) is 19.7. The minimum atomic E-state index is -1.30. The molecule has 4 N–H and O–H groups in total. The summed E-state index contributed by atoms with van der Waals surface area (Å²) in [6.45, 7) is 13.1. The number of nitrogens with one attached hydrogen (secondary N) is 4. The van der Waals surface area contributed by atoms with Crippen LogP contribution in [-0.4, -0.2) is 139 Å². The van der Waals surface area contributed by atoms with Crippen molar-refractivity contribution in [3.05, 3.63) is 135 Å². The number of fused-ring (bicyclic) bond motifs is 6. The van der Waals surface area contributed by atoms with E-state index >= 15 is 0 Å². The fourth-order valence-corrected chi connectivity index (χ4v) is 11.7. The number of hydrogen-bond donors (Lipinski definition) is 4. The van der Waals surface area contributed by atoms with E-state index in [0.29, 0.717) is 41.0 Å². The number of aliphatic imine (C=N–C) groups is 1. The van der Waals surface area contributed by atoms with E-state index in [2.05, 4.69) is 41.8 Å². The molecular weight excluding hydrogens is 1050 g/mol. The van der Waals surface area contributed by atoms with Gasteiger partial charge in [-0.3, -0.25) is 38.3 Å². The molecule has 6 amide bonds. The number of thiophene rings is 1. The van der Waals surface area contributed by atoms with Crippen LogP contribution in [0.1, 0.15) is 97.1 Å². The first-order chi connectivity index (χ1) is 37.7. The summed E-state index contributed by atoms with van der Waals surface area (Å²) < 4.78 is 9.34. The molecule has 9 rings (SSSR count). The van der Waals surface area contributed by atoms with Crippen LogP contribution in [0.3, 0.4) is 0 Å². The molecule has 3 aromatic heterocycles. The summed E-state index contributed by atoms with van der Waals surface area (Å²) in [5, 5.41) is 30.2. The Labute approximate surface area is 467 Å². The zero-order valence-electron chi connectivity index (χ0n) is 45.6. The quantitative estimate of drug-likeness (QED) is 0.150. The van der Waals surface area contributed by atoms with Crippen LogP contribution in [0.2, 0.25) is 5.02 Å². The maximum atomic E-state index is 14.7. The molecule has 0 saturated carbocycles. The summed E-state index contributed by atoms with van der Waals surface area (Å²) in [7, 11) is 1.53. The summed E-state index contributed by atoms with van der Waals surface area (Å²) >= 11 is 7.91. The molecule has 0 unspecified atom stereocenters. The lowest BCUT2D eigenvalue weighted by Crippen LogP contribution is -2.57. The van der Waals surface area contributed by atoms with Crippen LogP contribution >= 0.6 is 22.9 Å². The average molecular weight is 1110 g/mol. The molecule has 1 fully saturated rings. The number of carbonyl (C=O) groups excluding carboxylic acids is 6. The summed E-state index contributed by atoms with van der Waals surface area (Å²) in [4.78, 5) is 95.4. The van der Waals surface area contributed by atoms with Gasteiger partial charge in [0.25, 0.3) is 0 Å². The Hall–Kier alpha value is -7.62. The first-order valence-electron chi connectivity index (χ1n) is 26.4. The van der Waals surface area contributed by atoms with Crippen LogP contribution in [0.15, 0.2) is 90.1 Å². The zero-order valence-corrected chi connectivity index (χ0v) is 47.2. The van der Waals surface area contributed by atoms with Gasteiger partial charge in [-0.05, 0) is 72.9 Å². The number of hydrogen-bond acceptors (Lipinski definition) is 13. The van der Waals surface area contributed by atoms with Gasteiger partial charge in [0.1, 0.15) is 46.7 Å². The standard InChI is InChI=1S/C57H66ClN13O7S/c1-32-24-45-54(76)63-43(25-36-14-16-38(17-15-36)37-12-10-9-11-13-37)52(74)60-27-46(72)61-44(53(75)59-22-23-78-31-41-29-70(67-65-41)50(57(5,6)7)55(77)69(45)28-32)30-68(8)47(73)26-42-51-66-64-35(4)71(51)56-48(33(2)34(3)79-56)49(62-42)39-18-20-40(58)21-19-39/h9-21,29,32,42-45,50H,22-28,30-31H2,1-8H3,(H,59,75)(H,60,74)(H,61,72)(H,63,76)/t32-,42+,43-,44-,45+,50-/m1/s1. The van der Waals surface area contributed by atoms with Crippen LogP contribution in [0, 0.1) is 32.1 Å². The van der Waals surface area contributed by atoms with Gasteiger partial charge in [-0.25, -0.2) is 4.68 Å². The maximum absolute atomic E-state index is 14.7. The highest BCUT2D eigenvalue weighted by molar-refractivity contribution is 7.15. The first kappa shape index (κ1) is 56.1. The van der Waals surface area contributed by atoms with Crippen molar-refractivity contribution in [2.75, 3.05) is 39.8 Å². The summed E-state index contributed by atoms with van der Waals surface area (Å²) in [6.07, 6.45) is 1.87. The third-order valence-corrected chi connectivity index (χ3v) is 16.0. The molecule has 20 nitrogen and oxygen atoms in total. The van der Waals surface area contributed by atoms with E-state index in [9.17, 15) is 28.8 Å². The van der Waals surface area contributed by atoms with Crippen molar-refractivity contribution in [1.82, 2.24) is 60.8 Å². The zero-order chi connectivity index (χ0) is 56.3. The van der Waals surface area contributed by atoms with Gasteiger partial charge in [0.2, 0.25) is 35.4 Å². The molecule has 0 radical (unpaired) electrons. The second kappa shape index (κ2) is 23.8. The average Bonchev–Trinajstić information content (AvgIpc) is 4.23. The van der Waals surface area contributed by atoms with Crippen LogP contribution < -0.4 is 21.3 Å². The Balaban J connectivity index is 0.977. The molecule has 79 heavy (non-hydrogen) atoms. The molecule has 3 aliphatic heterocycles. The lowest BCUT2D eigenvalue weighted by Gasteiger charge is -2.35. The number of aryl methyl sites for hydroxylation is 2. The largest absolute Gasteiger partial charge is 0.373 e. The van der Waals surface area contributed by atoms with E-state index < -0.39 is 71.7 Å². The number of ether oxygens (including phenoxy) is 1. The highest BCUT2D eigenvalue weighted by Crippen LogP contribution is 2.40. The molecule has 6 heterocycles. The fourth-order valence-electron chi connectivity index (χ4n) is 10.4. The number of rotatable bonds is 8. The Kier molecular flexibility index (Phi) is 16.9. The van der Waals surface area contributed by atoms with Crippen LogP contribution in [-0.2, 0) is 46.5 Å². The number of aromatic nitrogens is 6. The number of nitrogens with zero attached hydrogens (tertiary/aromatic N) is 9. The SMILES string of the molecule is Cc1sc2c(c1C)C(c1ccc(Cl)cc1)=N[C@@H](CC(=O)N(C)C[C@H]1NC(=O)CNC(=O)[C@@H](Cc3ccc(-c4ccccc4)cc3)NC(=O)[C@@H]3C[C@@H](C)CN3C(=O)[C@H](C(C)(C)C)n3cc(nn3)COCCNC1=O)c1nnc(C)n1-2. The molecule has 0 aliphatic carbocycles. The Bertz CT molecular complexity index is 3280. The third-order valence-electron chi connectivity index (χ3n) is 14.6. The van der Waals surface area contributed by atoms with Gasteiger partial charge in [-0.15, -0.1) is 26.6 Å². The van der Waals surface area contributed by atoms with Crippen LogP contribution in [0.4, 0.5) is 0 Å². The van der Waals surface area contributed by atoms with Crippen molar-refractivity contribution in [3.8, 4) is 16.1 Å². The van der Waals surface area contributed by atoms with Crippen LogP contribution in [0.25, 0.3) is 16.1 Å². The lowest BCUT2D eigenvalue weighted by molar-refractivity contribution is -0.144. The van der Waals surface area contributed by atoms with Gasteiger partial charge in [0.05, 0.1) is 38.1 Å². The molecule has 3 aromatic carbocycles. The van der Waals surface area contributed by atoms with E-state index in [1.165, 1.54) is 16.6 Å². The second-order valence-corrected chi connectivity index (χ2v) is 23.3. The van der Waals surface area contributed by atoms with E-state index in [0.717, 1.165) is 43.3 Å². The Morgan fingerprint density at radius 2 is 1.54 bits per heavy atom. The number of likely N-dealkylation sites (N-methyl/N-ethyl adjacent to an activating group) is 1.